The molecule has 1 aromatic rings. The number of carbonyl (C=O) groups excluding carboxylic acids is 1. The summed E-state index contributed by atoms with van der Waals surface area (Å²) in [6.45, 7) is 2.70. The summed E-state index contributed by atoms with van der Waals surface area (Å²) < 4.78 is 10.4. The number of nitrogens with zero attached hydrogens (tertiary/aromatic N) is 1. The fourth-order valence-electron chi connectivity index (χ4n) is 2.23. The fourth-order valence-corrected chi connectivity index (χ4v) is 2.23. The smallest absolute Gasteiger partial charge is 0.338 e. The van der Waals surface area contributed by atoms with E-state index < -0.39 is 0 Å². The second kappa shape index (κ2) is 6.57. The van der Waals surface area contributed by atoms with Crippen LogP contribution in [-0.4, -0.2) is 44.7 Å². The van der Waals surface area contributed by atoms with Gasteiger partial charge in [-0.3, -0.25) is 0 Å². The van der Waals surface area contributed by atoms with Crippen molar-refractivity contribution in [3.63, 3.8) is 0 Å². The molecular weight excluding hydrogens is 242 g/mol. The molecule has 0 saturated carbocycles. The first kappa shape index (κ1) is 13.9. The molecule has 0 amide bonds. The molecule has 0 aliphatic carbocycles. The van der Waals surface area contributed by atoms with Crippen molar-refractivity contribution in [1.82, 2.24) is 4.90 Å². The van der Waals surface area contributed by atoms with Crippen molar-refractivity contribution >= 4 is 5.97 Å². The fraction of sp³-hybridized carbons (Fsp3) is 0.533. The molecule has 1 aromatic carbocycles. The summed E-state index contributed by atoms with van der Waals surface area (Å²) in [6.07, 6.45) is 2.21. The largest absolute Gasteiger partial charge is 0.497 e. The number of hydrogen-bond acceptors (Lipinski definition) is 4. The van der Waals surface area contributed by atoms with Crippen LogP contribution in [0.4, 0.5) is 0 Å². The molecular formula is C15H21NO3. The molecule has 0 unspecified atom stereocenters. The van der Waals surface area contributed by atoms with Gasteiger partial charge in [0.1, 0.15) is 5.75 Å². The van der Waals surface area contributed by atoms with Crippen molar-refractivity contribution in [2.45, 2.75) is 12.8 Å². The summed E-state index contributed by atoms with van der Waals surface area (Å²) in [7, 11) is 3.73. The van der Waals surface area contributed by atoms with Gasteiger partial charge in [-0.05, 0) is 63.2 Å². The van der Waals surface area contributed by atoms with Gasteiger partial charge < -0.3 is 14.4 Å². The lowest BCUT2D eigenvalue weighted by molar-refractivity contribution is 0.0384. The lowest BCUT2D eigenvalue weighted by atomic mass is 9.98. The van der Waals surface area contributed by atoms with Crippen molar-refractivity contribution in [3.8, 4) is 5.75 Å². The van der Waals surface area contributed by atoms with Crippen molar-refractivity contribution in [1.29, 1.82) is 0 Å². The Kier molecular flexibility index (Phi) is 4.80. The van der Waals surface area contributed by atoms with E-state index in [4.69, 9.17) is 9.47 Å². The van der Waals surface area contributed by atoms with E-state index in [0.29, 0.717) is 18.1 Å². The number of benzene rings is 1. The Morgan fingerprint density at radius 2 is 1.89 bits per heavy atom. The van der Waals surface area contributed by atoms with Gasteiger partial charge in [0, 0.05) is 0 Å². The van der Waals surface area contributed by atoms with E-state index in [1.165, 1.54) is 0 Å². The zero-order valence-electron chi connectivity index (χ0n) is 11.6. The summed E-state index contributed by atoms with van der Waals surface area (Å²) in [6, 6.07) is 7.00. The van der Waals surface area contributed by atoms with Gasteiger partial charge in [0.05, 0.1) is 19.3 Å². The molecule has 0 bridgehead atoms. The molecule has 104 valence electrons. The first-order valence-corrected chi connectivity index (χ1v) is 6.69. The molecule has 1 heterocycles. The average Bonchev–Trinajstić information content (AvgIpc) is 2.46. The minimum absolute atomic E-state index is 0.249. The minimum Gasteiger partial charge on any atom is -0.497 e. The number of hydrogen-bond donors (Lipinski definition) is 0. The van der Waals surface area contributed by atoms with Crippen LogP contribution in [0, 0.1) is 5.92 Å². The highest BCUT2D eigenvalue weighted by Crippen LogP contribution is 2.17. The molecule has 1 aliphatic heterocycles. The Bertz CT molecular complexity index is 408. The van der Waals surface area contributed by atoms with Crippen molar-refractivity contribution in [2.75, 3.05) is 33.9 Å². The van der Waals surface area contributed by atoms with Gasteiger partial charge in [0.15, 0.2) is 0 Å². The van der Waals surface area contributed by atoms with Crippen LogP contribution in [0.2, 0.25) is 0 Å². The maximum Gasteiger partial charge on any atom is 0.338 e. The minimum atomic E-state index is -0.249. The maximum atomic E-state index is 11.9. The van der Waals surface area contributed by atoms with Gasteiger partial charge in [0.25, 0.3) is 0 Å². The molecule has 0 atom stereocenters. The van der Waals surface area contributed by atoms with Crippen LogP contribution in [0.1, 0.15) is 23.2 Å². The van der Waals surface area contributed by atoms with Gasteiger partial charge in [0.2, 0.25) is 0 Å². The van der Waals surface area contributed by atoms with E-state index >= 15 is 0 Å². The van der Waals surface area contributed by atoms with Crippen molar-refractivity contribution in [2.24, 2.45) is 5.92 Å². The Labute approximate surface area is 114 Å². The Morgan fingerprint density at radius 1 is 1.26 bits per heavy atom. The Morgan fingerprint density at radius 3 is 2.47 bits per heavy atom. The topological polar surface area (TPSA) is 38.8 Å². The first-order chi connectivity index (χ1) is 9.19. The normalized spacial score (nSPS) is 17.2. The highest BCUT2D eigenvalue weighted by molar-refractivity contribution is 5.89. The molecule has 4 nitrogen and oxygen atoms in total. The third-order valence-corrected chi connectivity index (χ3v) is 3.61. The van der Waals surface area contributed by atoms with E-state index in [1.54, 1.807) is 31.4 Å². The van der Waals surface area contributed by atoms with E-state index in [1.807, 2.05) is 0 Å². The standard InChI is InChI=1S/C15H21NO3/c1-16-9-7-12(8-10-16)11-19-15(17)13-3-5-14(18-2)6-4-13/h3-6,12H,7-11H2,1-2H3. The van der Waals surface area contributed by atoms with E-state index in [0.717, 1.165) is 31.7 Å². The average molecular weight is 263 g/mol. The number of methoxy groups -OCH3 is 1. The number of piperidine rings is 1. The SMILES string of the molecule is COc1ccc(C(=O)OCC2CCN(C)CC2)cc1. The third kappa shape index (κ3) is 3.96. The molecule has 1 aliphatic rings. The summed E-state index contributed by atoms with van der Waals surface area (Å²) in [5.41, 5.74) is 0.578. The quantitative estimate of drug-likeness (QED) is 0.781. The molecule has 0 aromatic heterocycles. The first-order valence-electron chi connectivity index (χ1n) is 6.69. The number of ether oxygens (including phenoxy) is 2. The van der Waals surface area contributed by atoms with E-state index in [9.17, 15) is 4.79 Å². The number of rotatable bonds is 4. The predicted molar refractivity (Wildman–Crippen MR) is 73.5 cm³/mol. The molecule has 2 rings (SSSR count). The maximum absolute atomic E-state index is 11.9. The highest BCUT2D eigenvalue weighted by Gasteiger charge is 2.18. The Balaban J connectivity index is 1.80. The summed E-state index contributed by atoms with van der Waals surface area (Å²) in [5, 5.41) is 0. The number of carbonyl (C=O) groups is 1. The monoisotopic (exact) mass is 263 g/mol. The van der Waals surface area contributed by atoms with Crippen LogP contribution in [-0.2, 0) is 4.74 Å². The second-order valence-electron chi connectivity index (χ2n) is 5.07. The lowest BCUT2D eigenvalue weighted by Crippen LogP contribution is -2.32. The molecule has 1 fully saturated rings. The molecule has 19 heavy (non-hydrogen) atoms. The second-order valence-corrected chi connectivity index (χ2v) is 5.07. The van der Waals surface area contributed by atoms with Gasteiger partial charge in [-0.15, -0.1) is 0 Å². The third-order valence-electron chi connectivity index (χ3n) is 3.61. The van der Waals surface area contributed by atoms with Crippen molar-refractivity contribution < 1.29 is 14.3 Å². The van der Waals surface area contributed by atoms with Crippen molar-refractivity contribution in [3.05, 3.63) is 29.8 Å². The highest BCUT2D eigenvalue weighted by atomic mass is 16.5. The van der Waals surface area contributed by atoms with Gasteiger partial charge in [-0.2, -0.15) is 0 Å². The van der Waals surface area contributed by atoms with Crippen LogP contribution in [0.5, 0.6) is 5.75 Å². The summed E-state index contributed by atoms with van der Waals surface area (Å²) >= 11 is 0. The van der Waals surface area contributed by atoms with Gasteiger partial charge >= 0.3 is 5.97 Å². The van der Waals surface area contributed by atoms with Gasteiger partial charge in [-0.25, -0.2) is 4.79 Å². The molecule has 1 saturated heterocycles. The van der Waals surface area contributed by atoms with Crippen LogP contribution in [0.25, 0.3) is 0 Å². The summed E-state index contributed by atoms with van der Waals surface area (Å²) in [5.74, 6) is 0.992. The molecule has 0 radical (unpaired) electrons. The number of likely N-dealkylation sites (tertiary alicyclic amines) is 1. The molecule has 0 spiro atoms. The number of esters is 1. The van der Waals surface area contributed by atoms with Gasteiger partial charge in [-0.1, -0.05) is 0 Å². The zero-order valence-corrected chi connectivity index (χ0v) is 11.6. The van der Waals surface area contributed by atoms with Crippen LogP contribution < -0.4 is 4.74 Å². The van der Waals surface area contributed by atoms with E-state index in [2.05, 4.69) is 11.9 Å². The molecule has 4 heteroatoms. The van der Waals surface area contributed by atoms with Crippen LogP contribution in [0.3, 0.4) is 0 Å². The molecule has 0 N–H and O–H groups in total. The van der Waals surface area contributed by atoms with Crippen LogP contribution >= 0.6 is 0 Å². The zero-order chi connectivity index (χ0) is 13.7. The Hall–Kier alpha value is -1.55. The van der Waals surface area contributed by atoms with Crippen LogP contribution in [0.15, 0.2) is 24.3 Å². The van der Waals surface area contributed by atoms with E-state index in [-0.39, 0.29) is 5.97 Å². The lowest BCUT2D eigenvalue weighted by Gasteiger charge is -2.28. The predicted octanol–water partition coefficient (Wildman–Crippen LogP) is 2.19. The summed E-state index contributed by atoms with van der Waals surface area (Å²) in [4.78, 5) is 14.2.